The van der Waals surface area contributed by atoms with Crippen LogP contribution in [0.5, 0.6) is 11.5 Å². The molecule has 0 spiro atoms. The number of nitrogens with one attached hydrogen (secondary N) is 1. The maximum absolute atomic E-state index is 10.8. The van der Waals surface area contributed by atoms with E-state index in [1.165, 1.54) is 18.2 Å². The van der Waals surface area contributed by atoms with Gasteiger partial charge in [0.1, 0.15) is 11.5 Å². The number of phenolic OH excluding ortho intramolecular Hbond substituents is 2. The van der Waals surface area contributed by atoms with E-state index in [0.717, 1.165) is 11.3 Å². The van der Waals surface area contributed by atoms with Crippen LogP contribution in [0.4, 0.5) is 5.69 Å². The van der Waals surface area contributed by atoms with Crippen LogP contribution in [-0.4, -0.2) is 33.1 Å². The first-order valence-corrected chi connectivity index (χ1v) is 9.94. The molecule has 0 heterocycles. The first-order valence-electron chi connectivity index (χ1n) is 9.56. The van der Waals surface area contributed by atoms with Gasteiger partial charge in [0.25, 0.3) is 0 Å². The summed E-state index contributed by atoms with van der Waals surface area (Å²) in [7, 11) is 0. The number of hydrogen-bond acceptors (Lipinski definition) is 5. The number of phenols is 2. The summed E-state index contributed by atoms with van der Waals surface area (Å²) in [5.74, 6) is -0.416. The zero-order valence-corrected chi connectivity index (χ0v) is 17.3. The molecule has 154 valence electrons. The van der Waals surface area contributed by atoms with Gasteiger partial charge in [0.05, 0.1) is 22.9 Å². The van der Waals surface area contributed by atoms with Gasteiger partial charge in [-0.05, 0) is 61.1 Å². The minimum Gasteiger partial charge on any atom is -0.508 e. The van der Waals surface area contributed by atoms with Crippen molar-refractivity contribution in [2.24, 2.45) is 11.8 Å². The largest absolute Gasteiger partial charge is 0.508 e. The molecule has 0 aromatic heterocycles. The number of aliphatic hydroxyl groups excluding tert-OH is 2. The average Bonchev–Trinajstić information content (AvgIpc) is 2.59. The SMILES string of the molecule is Cc1ccc(NCC[C@@H](O)[C@@H](CC(C)C)[C@@H](O)c2cc(O)cc(O)c2)c(Cl)c1. The molecule has 2 aromatic rings. The molecule has 2 aromatic carbocycles. The van der Waals surface area contributed by atoms with E-state index in [2.05, 4.69) is 5.32 Å². The van der Waals surface area contributed by atoms with Crippen molar-refractivity contribution in [3.05, 3.63) is 52.5 Å². The van der Waals surface area contributed by atoms with Gasteiger partial charge in [-0.3, -0.25) is 0 Å². The minimum absolute atomic E-state index is 0.123. The molecule has 3 atom stereocenters. The lowest BCUT2D eigenvalue weighted by Crippen LogP contribution is -2.30. The van der Waals surface area contributed by atoms with Crippen LogP contribution < -0.4 is 5.32 Å². The molecule has 0 fully saturated rings. The van der Waals surface area contributed by atoms with Gasteiger partial charge >= 0.3 is 0 Å². The van der Waals surface area contributed by atoms with E-state index in [0.29, 0.717) is 30.0 Å². The van der Waals surface area contributed by atoms with Crippen LogP contribution in [0.3, 0.4) is 0 Å². The fourth-order valence-corrected chi connectivity index (χ4v) is 3.71. The summed E-state index contributed by atoms with van der Waals surface area (Å²) in [6.07, 6.45) is -0.745. The van der Waals surface area contributed by atoms with Gasteiger partial charge in [-0.1, -0.05) is 31.5 Å². The summed E-state index contributed by atoms with van der Waals surface area (Å²) in [4.78, 5) is 0. The summed E-state index contributed by atoms with van der Waals surface area (Å²) >= 11 is 6.22. The zero-order chi connectivity index (χ0) is 20.8. The van der Waals surface area contributed by atoms with E-state index in [4.69, 9.17) is 11.6 Å². The van der Waals surface area contributed by atoms with Gasteiger partial charge in [-0.25, -0.2) is 0 Å². The van der Waals surface area contributed by atoms with Crippen molar-refractivity contribution in [3.8, 4) is 11.5 Å². The molecule has 0 amide bonds. The van der Waals surface area contributed by atoms with Crippen molar-refractivity contribution >= 4 is 17.3 Å². The summed E-state index contributed by atoms with van der Waals surface area (Å²) in [5.41, 5.74) is 2.26. The molecule has 0 aliphatic heterocycles. The third-order valence-electron chi connectivity index (χ3n) is 4.79. The molecule has 0 saturated carbocycles. The molecule has 2 rings (SSSR count). The number of rotatable bonds is 9. The van der Waals surface area contributed by atoms with Crippen LogP contribution in [0.2, 0.25) is 5.02 Å². The molecule has 0 saturated heterocycles. The number of hydrogen-bond donors (Lipinski definition) is 5. The van der Waals surface area contributed by atoms with Crippen molar-refractivity contribution in [1.29, 1.82) is 0 Å². The lowest BCUT2D eigenvalue weighted by Gasteiger charge is -2.30. The van der Waals surface area contributed by atoms with Gasteiger partial charge in [0, 0.05) is 18.5 Å². The molecule has 5 N–H and O–H groups in total. The first-order chi connectivity index (χ1) is 13.2. The van der Waals surface area contributed by atoms with Crippen molar-refractivity contribution in [1.82, 2.24) is 0 Å². The number of aromatic hydroxyl groups is 2. The Hall–Kier alpha value is -1.95. The van der Waals surface area contributed by atoms with Crippen LogP contribution >= 0.6 is 11.6 Å². The molecular formula is C22H30ClNO4. The normalized spacial score (nSPS) is 14.7. The quantitative estimate of drug-likeness (QED) is 0.418. The topological polar surface area (TPSA) is 93.0 Å². The molecule has 5 nitrogen and oxygen atoms in total. The van der Waals surface area contributed by atoms with E-state index in [9.17, 15) is 20.4 Å². The Balaban J connectivity index is 2.06. The summed E-state index contributed by atoms with van der Waals surface area (Å²) in [6, 6.07) is 9.77. The zero-order valence-electron chi connectivity index (χ0n) is 16.6. The highest BCUT2D eigenvalue weighted by Crippen LogP contribution is 2.34. The molecule has 28 heavy (non-hydrogen) atoms. The fraction of sp³-hybridized carbons (Fsp3) is 0.455. The van der Waals surface area contributed by atoms with Gasteiger partial charge in [-0.2, -0.15) is 0 Å². The van der Waals surface area contributed by atoms with Gasteiger partial charge in [0.15, 0.2) is 0 Å². The smallest absolute Gasteiger partial charge is 0.119 e. The predicted molar refractivity (Wildman–Crippen MR) is 113 cm³/mol. The Morgan fingerprint density at radius 3 is 2.21 bits per heavy atom. The van der Waals surface area contributed by atoms with Crippen LogP contribution in [0.25, 0.3) is 0 Å². The lowest BCUT2D eigenvalue weighted by atomic mass is 9.83. The van der Waals surface area contributed by atoms with E-state index >= 15 is 0 Å². The van der Waals surface area contributed by atoms with E-state index < -0.39 is 18.1 Å². The number of benzene rings is 2. The number of anilines is 1. The molecule has 6 heteroatoms. The minimum atomic E-state index is -1.00. The average molecular weight is 408 g/mol. The second kappa shape index (κ2) is 10.0. The Labute approximate surface area is 171 Å². The maximum atomic E-state index is 10.8. The second-order valence-electron chi connectivity index (χ2n) is 7.79. The Morgan fingerprint density at radius 1 is 1.00 bits per heavy atom. The number of aryl methyl sites for hydroxylation is 1. The highest BCUT2D eigenvalue weighted by atomic mass is 35.5. The summed E-state index contributed by atoms with van der Waals surface area (Å²) in [6.45, 7) is 6.51. The Kier molecular flexibility index (Phi) is 7.98. The third-order valence-corrected chi connectivity index (χ3v) is 5.10. The second-order valence-corrected chi connectivity index (χ2v) is 8.19. The summed E-state index contributed by atoms with van der Waals surface area (Å²) in [5, 5.41) is 44.8. The fourth-order valence-electron chi connectivity index (χ4n) is 3.41. The van der Waals surface area contributed by atoms with Crippen LogP contribution in [0.15, 0.2) is 36.4 Å². The standard InChI is InChI=1S/C22H30ClNO4/c1-13(2)8-18(22(28)15-10-16(25)12-17(26)11-15)21(27)6-7-24-20-5-4-14(3)9-19(20)23/h4-5,9-13,18,21-22,24-28H,6-8H2,1-3H3/t18-,21-,22+/m1/s1. The highest BCUT2D eigenvalue weighted by Gasteiger charge is 2.29. The molecule has 0 unspecified atom stereocenters. The number of halogens is 1. The van der Waals surface area contributed by atoms with Crippen LogP contribution in [0, 0.1) is 18.8 Å². The predicted octanol–water partition coefficient (Wildman–Crippen LogP) is 4.62. The van der Waals surface area contributed by atoms with E-state index in [1.807, 2.05) is 39.0 Å². The van der Waals surface area contributed by atoms with Crippen LogP contribution in [-0.2, 0) is 0 Å². The molecular weight excluding hydrogens is 378 g/mol. The van der Waals surface area contributed by atoms with Gasteiger partial charge < -0.3 is 25.7 Å². The third kappa shape index (κ3) is 6.30. The van der Waals surface area contributed by atoms with Crippen LogP contribution in [0.1, 0.15) is 43.9 Å². The highest BCUT2D eigenvalue weighted by molar-refractivity contribution is 6.33. The van der Waals surface area contributed by atoms with E-state index in [-0.39, 0.29) is 17.4 Å². The first kappa shape index (κ1) is 22.3. The van der Waals surface area contributed by atoms with Crippen molar-refractivity contribution < 1.29 is 20.4 Å². The molecule has 0 radical (unpaired) electrons. The Morgan fingerprint density at radius 2 is 1.64 bits per heavy atom. The van der Waals surface area contributed by atoms with E-state index in [1.54, 1.807) is 0 Å². The maximum Gasteiger partial charge on any atom is 0.119 e. The van der Waals surface area contributed by atoms with Crippen molar-refractivity contribution in [2.75, 3.05) is 11.9 Å². The van der Waals surface area contributed by atoms with Gasteiger partial charge in [-0.15, -0.1) is 0 Å². The number of aliphatic hydroxyl groups is 2. The monoisotopic (exact) mass is 407 g/mol. The van der Waals surface area contributed by atoms with Gasteiger partial charge in [0.2, 0.25) is 0 Å². The molecule has 0 bridgehead atoms. The van der Waals surface area contributed by atoms with Crippen molar-refractivity contribution in [3.63, 3.8) is 0 Å². The molecule has 0 aliphatic carbocycles. The summed E-state index contributed by atoms with van der Waals surface area (Å²) < 4.78 is 0. The molecule has 0 aliphatic rings. The van der Waals surface area contributed by atoms with Crippen molar-refractivity contribution in [2.45, 2.75) is 45.8 Å². The lowest BCUT2D eigenvalue weighted by molar-refractivity contribution is -0.00187. The Bertz CT molecular complexity index is 761.